The number of rotatable bonds is 6. The van der Waals surface area contributed by atoms with E-state index < -0.39 is 30.2 Å². The second-order valence-corrected chi connectivity index (χ2v) is 5.57. The maximum absolute atomic E-state index is 12.1. The SMILES string of the molecule is COc1cc(I)c(Cl)cc1C(=O)NC(CC(N)=O)C(=O)O. The minimum atomic E-state index is -1.42. The van der Waals surface area contributed by atoms with Crippen LogP contribution in [-0.2, 0) is 9.59 Å². The number of carbonyl (C=O) groups excluding carboxylic acids is 2. The van der Waals surface area contributed by atoms with Crippen molar-refractivity contribution in [2.75, 3.05) is 7.11 Å². The second-order valence-electron chi connectivity index (χ2n) is 4.00. The van der Waals surface area contributed by atoms with Gasteiger partial charge in [0.2, 0.25) is 5.91 Å². The Kier molecular flexibility index (Phi) is 6.21. The van der Waals surface area contributed by atoms with Gasteiger partial charge in [-0.2, -0.15) is 0 Å². The molecule has 1 atom stereocenters. The Labute approximate surface area is 138 Å². The highest BCUT2D eigenvalue weighted by atomic mass is 127. The van der Waals surface area contributed by atoms with Crippen molar-refractivity contribution in [3.63, 3.8) is 0 Å². The molecule has 4 N–H and O–H groups in total. The fourth-order valence-corrected chi connectivity index (χ4v) is 2.11. The number of amides is 2. The molecule has 0 aliphatic rings. The van der Waals surface area contributed by atoms with Crippen LogP contribution in [0.4, 0.5) is 0 Å². The van der Waals surface area contributed by atoms with Gasteiger partial charge in [-0.1, -0.05) is 11.6 Å². The number of hydrogen-bond acceptors (Lipinski definition) is 4. The molecule has 0 aromatic heterocycles. The summed E-state index contributed by atoms with van der Waals surface area (Å²) in [6.45, 7) is 0. The molecule has 2 amide bonds. The van der Waals surface area contributed by atoms with Gasteiger partial charge in [0.1, 0.15) is 11.8 Å². The summed E-state index contributed by atoms with van der Waals surface area (Å²) in [6, 6.07) is 1.49. The van der Waals surface area contributed by atoms with Crippen LogP contribution < -0.4 is 15.8 Å². The van der Waals surface area contributed by atoms with Crippen LogP contribution in [0.5, 0.6) is 5.75 Å². The Morgan fingerprint density at radius 2 is 2.10 bits per heavy atom. The molecule has 0 saturated carbocycles. The highest BCUT2D eigenvalue weighted by Gasteiger charge is 2.24. The lowest BCUT2D eigenvalue weighted by molar-refractivity contribution is -0.140. The molecule has 114 valence electrons. The number of carbonyl (C=O) groups is 3. The zero-order valence-corrected chi connectivity index (χ0v) is 13.8. The van der Waals surface area contributed by atoms with Crippen LogP contribution in [0.2, 0.25) is 5.02 Å². The van der Waals surface area contributed by atoms with Gasteiger partial charge in [-0.15, -0.1) is 0 Å². The maximum Gasteiger partial charge on any atom is 0.326 e. The molecule has 1 unspecified atom stereocenters. The van der Waals surface area contributed by atoms with Crippen LogP contribution in [0.3, 0.4) is 0 Å². The lowest BCUT2D eigenvalue weighted by Crippen LogP contribution is -2.43. The summed E-state index contributed by atoms with van der Waals surface area (Å²) in [5.74, 6) is -2.68. The summed E-state index contributed by atoms with van der Waals surface area (Å²) in [7, 11) is 1.37. The van der Waals surface area contributed by atoms with Crippen molar-refractivity contribution in [1.29, 1.82) is 0 Å². The predicted molar refractivity (Wildman–Crippen MR) is 83.4 cm³/mol. The number of halogens is 2. The van der Waals surface area contributed by atoms with Crippen molar-refractivity contribution < 1.29 is 24.2 Å². The molecule has 0 bridgehead atoms. The Morgan fingerprint density at radius 3 is 2.57 bits per heavy atom. The number of methoxy groups -OCH3 is 1. The molecule has 0 heterocycles. The van der Waals surface area contributed by atoms with E-state index in [0.717, 1.165) is 0 Å². The molecule has 7 nitrogen and oxygen atoms in total. The molecule has 0 radical (unpaired) electrons. The fourth-order valence-electron chi connectivity index (χ4n) is 1.51. The van der Waals surface area contributed by atoms with Crippen LogP contribution in [0, 0.1) is 3.57 Å². The van der Waals surface area contributed by atoms with Crippen molar-refractivity contribution in [3.05, 3.63) is 26.3 Å². The number of hydrogen-bond donors (Lipinski definition) is 3. The third-order valence-electron chi connectivity index (χ3n) is 2.50. The molecular weight excluding hydrogens is 414 g/mol. The molecule has 21 heavy (non-hydrogen) atoms. The number of ether oxygens (including phenoxy) is 1. The van der Waals surface area contributed by atoms with E-state index >= 15 is 0 Å². The molecule has 1 aromatic rings. The molecule has 1 aromatic carbocycles. The van der Waals surface area contributed by atoms with E-state index in [9.17, 15) is 14.4 Å². The monoisotopic (exact) mass is 426 g/mol. The van der Waals surface area contributed by atoms with Crippen LogP contribution in [0.25, 0.3) is 0 Å². The Bertz CT molecular complexity index is 593. The largest absolute Gasteiger partial charge is 0.496 e. The zero-order valence-electron chi connectivity index (χ0n) is 10.9. The summed E-state index contributed by atoms with van der Waals surface area (Å²) in [4.78, 5) is 33.9. The van der Waals surface area contributed by atoms with E-state index in [1.54, 1.807) is 6.07 Å². The van der Waals surface area contributed by atoms with E-state index in [2.05, 4.69) is 5.32 Å². The molecule has 9 heteroatoms. The van der Waals surface area contributed by atoms with Gasteiger partial charge in [-0.05, 0) is 34.7 Å². The first-order valence-corrected chi connectivity index (χ1v) is 7.07. The molecule has 0 aliphatic heterocycles. The van der Waals surface area contributed by atoms with Gasteiger partial charge in [0.15, 0.2) is 0 Å². The highest BCUT2D eigenvalue weighted by molar-refractivity contribution is 14.1. The van der Waals surface area contributed by atoms with Crippen molar-refractivity contribution in [2.45, 2.75) is 12.5 Å². The fraction of sp³-hybridized carbons (Fsp3) is 0.250. The number of nitrogens with one attached hydrogen (secondary N) is 1. The normalized spacial score (nSPS) is 11.6. The van der Waals surface area contributed by atoms with Crippen molar-refractivity contribution in [1.82, 2.24) is 5.32 Å². The molecule has 0 aliphatic carbocycles. The summed E-state index contributed by atoms with van der Waals surface area (Å²) >= 11 is 7.90. The molecular formula is C12H12ClIN2O5. The standard InChI is InChI=1S/C12H12ClIN2O5/c1-21-9-3-7(14)6(13)2-5(9)11(18)16-8(12(19)20)4-10(15)17/h2-3,8H,4H2,1H3,(H2,15,17)(H,16,18)(H,19,20). The molecule has 0 spiro atoms. The van der Waals surface area contributed by atoms with Gasteiger partial charge in [0.05, 0.1) is 24.1 Å². The minimum Gasteiger partial charge on any atom is -0.496 e. The number of carboxylic acids is 1. The summed E-state index contributed by atoms with van der Waals surface area (Å²) in [5, 5.41) is 11.5. The minimum absolute atomic E-state index is 0.0682. The smallest absolute Gasteiger partial charge is 0.326 e. The number of benzene rings is 1. The number of primary amides is 1. The van der Waals surface area contributed by atoms with Crippen molar-refractivity contribution in [3.8, 4) is 5.75 Å². The van der Waals surface area contributed by atoms with Gasteiger partial charge >= 0.3 is 5.97 Å². The first kappa shape index (κ1) is 17.5. The van der Waals surface area contributed by atoms with E-state index in [1.807, 2.05) is 22.6 Å². The third-order valence-corrected chi connectivity index (χ3v) is 4.02. The van der Waals surface area contributed by atoms with Crippen LogP contribution in [0.15, 0.2) is 12.1 Å². The summed E-state index contributed by atoms with van der Waals surface area (Å²) < 4.78 is 5.74. The van der Waals surface area contributed by atoms with Crippen LogP contribution in [-0.4, -0.2) is 36.0 Å². The molecule has 1 rings (SSSR count). The van der Waals surface area contributed by atoms with E-state index in [1.165, 1.54) is 13.2 Å². The quantitative estimate of drug-likeness (QED) is 0.587. The average molecular weight is 427 g/mol. The zero-order chi connectivity index (χ0) is 16.2. The summed E-state index contributed by atoms with van der Waals surface area (Å²) in [6.07, 6.45) is -0.512. The van der Waals surface area contributed by atoms with Crippen LogP contribution in [0.1, 0.15) is 16.8 Å². The molecule has 0 fully saturated rings. The van der Waals surface area contributed by atoms with E-state index in [0.29, 0.717) is 8.59 Å². The Balaban J connectivity index is 3.05. The molecule has 0 saturated heterocycles. The topological polar surface area (TPSA) is 119 Å². The van der Waals surface area contributed by atoms with Gasteiger partial charge in [0, 0.05) is 3.57 Å². The maximum atomic E-state index is 12.1. The number of aliphatic carboxylic acids is 1. The van der Waals surface area contributed by atoms with Crippen molar-refractivity contribution >= 4 is 52.0 Å². The second kappa shape index (κ2) is 7.46. The van der Waals surface area contributed by atoms with E-state index in [4.69, 9.17) is 27.2 Å². The lowest BCUT2D eigenvalue weighted by Gasteiger charge is -2.15. The van der Waals surface area contributed by atoms with Gasteiger partial charge in [0.25, 0.3) is 5.91 Å². The van der Waals surface area contributed by atoms with E-state index in [-0.39, 0.29) is 11.3 Å². The summed E-state index contributed by atoms with van der Waals surface area (Å²) in [5.41, 5.74) is 5.01. The lowest BCUT2D eigenvalue weighted by atomic mass is 10.1. The van der Waals surface area contributed by atoms with Gasteiger partial charge in [-0.25, -0.2) is 4.79 Å². The first-order chi connectivity index (χ1) is 9.76. The van der Waals surface area contributed by atoms with Gasteiger partial charge < -0.3 is 20.9 Å². The van der Waals surface area contributed by atoms with Gasteiger partial charge in [-0.3, -0.25) is 9.59 Å². The number of carboxylic acid groups (broad SMARTS) is 1. The number of nitrogens with two attached hydrogens (primary N) is 1. The van der Waals surface area contributed by atoms with Crippen molar-refractivity contribution in [2.24, 2.45) is 5.73 Å². The average Bonchev–Trinajstić information content (AvgIpc) is 2.39. The Hall–Kier alpha value is -1.55. The Morgan fingerprint density at radius 1 is 1.48 bits per heavy atom. The first-order valence-electron chi connectivity index (χ1n) is 5.61. The predicted octanol–water partition coefficient (Wildman–Crippen LogP) is 1.01. The van der Waals surface area contributed by atoms with Crippen LogP contribution >= 0.6 is 34.2 Å². The highest BCUT2D eigenvalue weighted by Crippen LogP contribution is 2.28. The third kappa shape index (κ3) is 4.74.